The second kappa shape index (κ2) is 5.48. The molecule has 0 aromatic carbocycles. The van der Waals surface area contributed by atoms with E-state index in [9.17, 15) is 8.42 Å². The number of hydrogen-bond donors (Lipinski definition) is 1. The van der Waals surface area contributed by atoms with E-state index in [-0.39, 0.29) is 11.3 Å². The molecule has 1 saturated heterocycles. The van der Waals surface area contributed by atoms with Crippen molar-refractivity contribution in [3.63, 3.8) is 0 Å². The quantitative estimate of drug-likeness (QED) is 0.908. The maximum Gasteiger partial charge on any atom is 0.150 e. The third-order valence-electron chi connectivity index (χ3n) is 3.69. The Bertz CT molecular complexity index is 570. The van der Waals surface area contributed by atoms with E-state index in [0.717, 1.165) is 25.2 Å². The van der Waals surface area contributed by atoms with Crippen LogP contribution in [0.2, 0.25) is 0 Å². The Labute approximate surface area is 121 Å². The van der Waals surface area contributed by atoms with Gasteiger partial charge in [-0.1, -0.05) is 20.8 Å². The third-order valence-corrected chi connectivity index (χ3v) is 5.53. The van der Waals surface area contributed by atoms with Crippen molar-refractivity contribution in [2.45, 2.75) is 39.2 Å². The number of rotatable bonds is 4. The monoisotopic (exact) mass is 299 g/mol. The van der Waals surface area contributed by atoms with Gasteiger partial charge in [0.15, 0.2) is 9.84 Å². The lowest BCUT2D eigenvalue weighted by molar-refractivity contribution is 0.510. The van der Waals surface area contributed by atoms with Gasteiger partial charge in [0.2, 0.25) is 0 Å². The molecule has 0 aliphatic carbocycles. The first-order valence-corrected chi connectivity index (χ1v) is 8.94. The zero-order valence-electron chi connectivity index (χ0n) is 12.8. The molecule has 0 amide bonds. The van der Waals surface area contributed by atoms with Crippen molar-refractivity contribution in [1.29, 1.82) is 0 Å². The van der Waals surface area contributed by atoms with Crippen molar-refractivity contribution < 1.29 is 8.42 Å². The van der Waals surface area contributed by atoms with Crippen molar-refractivity contribution in [2.24, 2.45) is 13.0 Å². The summed E-state index contributed by atoms with van der Waals surface area (Å²) in [7, 11) is -0.841. The molecule has 0 spiro atoms. The van der Waals surface area contributed by atoms with Crippen LogP contribution >= 0.6 is 0 Å². The lowest BCUT2D eigenvalue weighted by atomic mass is 9.89. The van der Waals surface area contributed by atoms with Gasteiger partial charge >= 0.3 is 0 Å². The standard InChI is InChI=1S/C14H25N3O2S/c1-14(2,3)13-12(9-17(4)16-13)8-15-7-11-5-6-20(18,19)10-11/h9,11,15H,5-8,10H2,1-4H3. The Hall–Kier alpha value is -0.880. The van der Waals surface area contributed by atoms with Crippen LogP contribution in [-0.2, 0) is 28.8 Å². The lowest BCUT2D eigenvalue weighted by Gasteiger charge is -2.18. The van der Waals surface area contributed by atoms with Crippen LogP contribution in [0.4, 0.5) is 0 Å². The highest BCUT2D eigenvalue weighted by molar-refractivity contribution is 7.91. The minimum atomic E-state index is -2.77. The summed E-state index contributed by atoms with van der Waals surface area (Å²) in [5, 5.41) is 7.93. The van der Waals surface area contributed by atoms with Crippen LogP contribution < -0.4 is 5.32 Å². The summed E-state index contributed by atoms with van der Waals surface area (Å²) in [5.74, 6) is 0.938. The molecule has 0 saturated carbocycles. The number of hydrogen-bond acceptors (Lipinski definition) is 4. The Morgan fingerprint density at radius 2 is 2.15 bits per heavy atom. The van der Waals surface area contributed by atoms with E-state index in [1.54, 1.807) is 0 Å². The molecule has 1 N–H and O–H groups in total. The average molecular weight is 299 g/mol. The number of nitrogens with one attached hydrogen (secondary N) is 1. The Balaban J connectivity index is 1.92. The van der Waals surface area contributed by atoms with Crippen molar-refractivity contribution in [3.05, 3.63) is 17.5 Å². The van der Waals surface area contributed by atoms with Gasteiger partial charge in [-0.05, 0) is 18.9 Å². The predicted molar refractivity (Wildman–Crippen MR) is 80.4 cm³/mol. The summed E-state index contributed by atoms with van der Waals surface area (Å²) >= 11 is 0. The first-order valence-electron chi connectivity index (χ1n) is 7.11. The largest absolute Gasteiger partial charge is 0.312 e. The van der Waals surface area contributed by atoms with E-state index in [4.69, 9.17) is 0 Å². The van der Waals surface area contributed by atoms with Gasteiger partial charge in [0.25, 0.3) is 0 Å². The van der Waals surface area contributed by atoms with E-state index >= 15 is 0 Å². The molecule has 1 atom stereocenters. The van der Waals surface area contributed by atoms with Gasteiger partial charge in [-0.15, -0.1) is 0 Å². The van der Waals surface area contributed by atoms with Crippen molar-refractivity contribution >= 4 is 9.84 Å². The minimum Gasteiger partial charge on any atom is -0.312 e. The molecule has 0 radical (unpaired) electrons. The molecule has 20 heavy (non-hydrogen) atoms. The summed E-state index contributed by atoms with van der Waals surface area (Å²) in [6, 6.07) is 0. The van der Waals surface area contributed by atoms with Crippen LogP contribution in [-0.4, -0.2) is 36.2 Å². The van der Waals surface area contributed by atoms with Gasteiger partial charge in [-0.3, -0.25) is 4.68 Å². The molecule has 0 bridgehead atoms. The Kier molecular flexibility index (Phi) is 4.25. The molecular formula is C14H25N3O2S. The van der Waals surface area contributed by atoms with E-state index in [1.165, 1.54) is 5.56 Å². The van der Waals surface area contributed by atoms with Crippen LogP contribution in [0.15, 0.2) is 6.20 Å². The zero-order chi connectivity index (χ0) is 15.0. The Morgan fingerprint density at radius 1 is 1.45 bits per heavy atom. The fourth-order valence-electron chi connectivity index (χ4n) is 2.74. The Morgan fingerprint density at radius 3 is 2.70 bits per heavy atom. The maximum absolute atomic E-state index is 11.4. The second-order valence-corrected chi connectivity index (χ2v) is 9.06. The molecule has 1 unspecified atom stereocenters. The molecule has 1 aliphatic heterocycles. The first-order chi connectivity index (χ1) is 9.17. The normalized spacial score (nSPS) is 22.3. The summed E-state index contributed by atoms with van der Waals surface area (Å²) in [6.45, 7) is 7.97. The molecule has 2 rings (SSSR count). The number of sulfone groups is 1. The fraction of sp³-hybridized carbons (Fsp3) is 0.786. The molecular weight excluding hydrogens is 274 g/mol. The minimum absolute atomic E-state index is 0.0228. The highest BCUT2D eigenvalue weighted by atomic mass is 32.2. The van der Waals surface area contributed by atoms with Gasteiger partial charge in [-0.2, -0.15) is 5.10 Å². The maximum atomic E-state index is 11.4. The summed E-state index contributed by atoms with van der Waals surface area (Å²) in [6.07, 6.45) is 2.83. The van der Waals surface area contributed by atoms with Gasteiger partial charge in [-0.25, -0.2) is 8.42 Å². The zero-order valence-corrected chi connectivity index (χ0v) is 13.6. The average Bonchev–Trinajstić information content (AvgIpc) is 2.81. The molecule has 1 aliphatic rings. The number of nitrogens with zero attached hydrogens (tertiary/aromatic N) is 2. The van der Waals surface area contributed by atoms with E-state index in [1.807, 2.05) is 17.9 Å². The molecule has 114 valence electrons. The van der Waals surface area contributed by atoms with Gasteiger partial charge in [0.05, 0.1) is 17.2 Å². The topological polar surface area (TPSA) is 64.0 Å². The molecule has 2 heterocycles. The lowest BCUT2D eigenvalue weighted by Crippen LogP contribution is -2.25. The van der Waals surface area contributed by atoms with Gasteiger partial charge in [0, 0.05) is 30.8 Å². The summed E-state index contributed by atoms with van der Waals surface area (Å²) in [4.78, 5) is 0. The van der Waals surface area contributed by atoms with Crippen LogP contribution in [0.1, 0.15) is 38.4 Å². The fourth-order valence-corrected chi connectivity index (χ4v) is 4.60. The van der Waals surface area contributed by atoms with E-state index in [2.05, 4.69) is 31.2 Å². The third kappa shape index (κ3) is 3.82. The summed E-state index contributed by atoms with van der Waals surface area (Å²) in [5.41, 5.74) is 2.32. The van der Waals surface area contributed by atoms with E-state index in [0.29, 0.717) is 11.5 Å². The van der Waals surface area contributed by atoms with Gasteiger partial charge in [0.1, 0.15) is 0 Å². The number of aromatic nitrogens is 2. The van der Waals surface area contributed by atoms with Crippen LogP contribution in [0.3, 0.4) is 0 Å². The molecule has 1 aromatic rings. The molecule has 1 fully saturated rings. The smallest absolute Gasteiger partial charge is 0.150 e. The highest BCUT2D eigenvalue weighted by Crippen LogP contribution is 2.24. The van der Waals surface area contributed by atoms with Crippen LogP contribution in [0, 0.1) is 5.92 Å². The molecule has 1 aromatic heterocycles. The second-order valence-electron chi connectivity index (χ2n) is 6.83. The number of aryl methyl sites for hydroxylation is 1. The molecule has 5 nitrogen and oxygen atoms in total. The van der Waals surface area contributed by atoms with E-state index < -0.39 is 9.84 Å². The van der Waals surface area contributed by atoms with Crippen molar-refractivity contribution in [2.75, 3.05) is 18.1 Å². The van der Waals surface area contributed by atoms with Crippen molar-refractivity contribution in [1.82, 2.24) is 15.1 Å². The van der Waals surface area contributed by atoms with Crippen molar-refractivity contribution in [3.8, 4) is 0 Å². The van der Waals surface area contributed by atoms with Gasteiger partial charge < -0.3 is 5.32 Å². The molecule has 6 heteroatoms. The van der Waals surface area contributed by atoms with Crippen LogP contribution in [0.25, 0.3) is 0 Å². The van der Waals surface area contributed by atoms with Crippen LogP contribution in [0.5, 0.6) is 0 Å². The predicted octanol–water partition coefficient (Wildman–Crippen LogP) is 1.24. The summed E-state index contributed by atoms with van der Waals surface area (Å²) < 4.78 is 24.7. The first kappa shape index (κ1) is 15.5. The highest BCUT2D eigenvalue weighted by Gasteiger charge is 2.27. The SMILES string of the molecule is Cn1cc(CNCC2CCS(=O)(=O)C2)c(C(C)(C)C)n1.